The standard InChI is InChI=1S/C29H25FN8O2/c1-2-40-20-5-6-22(33-16-20)27-37-36-26(38(27)19-4-3-8-31-15-19)17-11-29(12-17)13-24(29)35-28(39)21-7-9-32-23-10-18(30)14-34-25(21)23/h3-10,14-17,24H,2,11-13H2,1H3,(H,35,39). The van der Waals surface area contributed by atoms with Gasteiger partial charge in [-0.25, -0.2) is 9.37 Å². The van der Waals surface area contributed by atoms with Crippen molar-refractivity contribution < 1.29 is 13.9 Å². The van der Waals surface area contributed by atoms with Gasteiger partial charge in [0, 0.05) is 30.4 Å². The normalized spacial score (nSPS) is 21.2. The highest BCUT2D eigenvalue weighted by atomic mass is 19.1. The molecule has 2 fully saturated rings. The highest BCUT2D eigenvalue weighted by Crippen LogP contribution is 2.66. The second kappa shape index (κ2) is 9.44. The number of amides is 1. The number of nitrogens with zero attached hydrogens (tertiary/aromatic N) is 7. The summed E-state index contributed by atoms with van der Waals surface area (Å²) in [5.41, 5.74) is 2.73. The molecule has 1 amide bonds. The van der Waals surface area contributed by atoms with Crippen LogP contribution in [0.3, 0.4) is 0 Å². The minimum Gasteiger partial charge on any atom is -0.492 e. The van der Waals surface area contributed by atoms with Crippen LogP contribution in [-0.4, -0.2) is 53.3 Å². The van der Waals surface area contributed by atoms with E-state index in [0.29, 0.717) is 40.5 Å². The molecule has 1 spiro atoms. The first-order chi connectivity index (χ1) is 19.5. The van der Waals surface area contributed by atoms with Crippen LogP contribution in [0.1, 0.15) is 48.3 Å². The fourth-order valence-corrected chi connectivity index (χ4v) is 5.76. The van der Waals surface area contributed by atoms with E-state index in [9.17, 15) is 9.18 Å². The zero-order valence-corrected chi connectivity index (χ0v) is 21.7. The van der Waals surface area contributed by atoms with Gasteiger partial charge in [-0.2, -0.15) is 0 Å². The minimum absolute atomic E-state index is 0.0337. The molecular formula is C29H25FN8O2. The number of aromatic nitrogens is 7. The van der Waals surface area contributed by atoms with E-state index in [1.54, 1.807) is 24.7 Å². The highest BCUT2D eigenvalue weighted by Gasteiger charge is 2.63. The van der Waals surface area contributed by atoms with Crippen LogP contribution >= 0.6 is 0 Å². The van der Waals surface area contributed by atoms with Gasteiger partial charge in [-0.15, -0.1) is 10.2 Å². The van der Waals surface area contributed by atoms with Gasteiger partial charge >= 0.3 is 0 Å². The summed E-state index contributed by atoms with van der Waals surface area (Å²) in [6.45, 7) is 2.50. The molecule has 2 aliphatic carbocycles. The van der Waals surface area contributed by atoms with Gasteiger partial charge in [0.1, 0.15) is 28.6 Å². The molecule has 7 rings (SSSR count). The number of halogens is 1. The predicted molar refractivity (Wildman–Crippen MR) is 143 cm³/mol. The van der Waals surface area contributed by atoms with E-state index in [4.69, 9.17) is 4.74 Å². The van der Waals surface area contributed by atoms with E-state index in [-0.39, 0.29) is 23.3 Å². The van der Waals surface area contributed by atoms with E-state index in [1.165, 1.54) is 12.3 Å². The largest absolute Gasteiger partial charge is 0.492 e. The van der Waals surface area contributed by atoms with Gasteiger partial charge in [0.05, 0.1) is 42.0 Å². The Bertz CT molecular complexity index is 1720. The quantitative estimate of drug-likeness (QED) is 0.327. The molecule has 0 bridgehead atoms. The molecule has 0 saturated heterocycles. The second-order valence-corrected chi connectivity index (χ2v) is 10.3. The topological polar surface area (TPSA) is 121 Å². The summed E-state index contributed by atoms with van der Waals surface area (Å²) in [7, 11) is 0. The highest BCUT2D eigenvalue weighted by molar-refractivity contribution is 6.04. The van der Waals surface area contributed by atoms with Crippen molar-refractivity contribution in [2.24, 2.45) is 5.41 Å². The molecule has 0 radical (unpaired) electrons. The first-order valence-electron chi connectivity index (χ1n) is 13.2. The molecule has 0 aliphatic heterocycles. The van der Waals surface area contributed by atoms with Crippen LogP contribution in [-0.2, 0) is 0 Å². The summed E-state index contributed by atoms with van der Waals surface area (Å²) in [5.74, 6) is 1.66. The fraction of sp³-hybridized carbons (Fsp3) is 0.276. The Morgan fingerprint density at radius 3 is 2.75 bits per heavy atom. The molecule has 200 valence electrons. The van der Waals surface area contributed by atoms with Crippen molar-refractivity contribution in [1.82, 2.24) is 40.0 Å². The number of carbonyl (C=O) groups excluding carboxylic acids is 1. The second-order valence-electron chi connectivity index (χ2n) is 10.3. The van der Waals surface area contributed by atoms with Crippen LogP contribution < -0.4 is 10.1 Å². The maximum atomic E-state index is 13.6. The molecule has 2 aliphatic rings. The number of carbonyl (C=O) groups is 1. The number of pyridine rings is 4. The zero-order chi connectivity index (χ0) is 27.3. The Hall–Kier alpha value is -4.80. The molecule has 1 atom stereocenters. The monoisotopic (exact) mass is 536 g/mol. The molecule has 0 aromatic carbocycles. The summed E-state index contributed by atoms with van der Waals surface area (Å²) in [6, 6.07) is 10.6. The zero-order valence-electron chi connectivity index (χ0n) is 21.7. The number of hydrogen-bond acceptors (Lipinski definition) is 8. The Morgan fingerprint density at radius 2 is 1.98 bits per heavy atom. The third-order valence-corrected chi connectivity index (χ3v) is 7.82. The van der Waals surface area contributed by atoms with E-state index in [2.05, 4.69) is 35.5 Å². The predicted octanol–water partition coefficient (Wildman–Crippen LogP) is 4.27. The molecule has 40 heavy (non-hydrogen) atoms. The minimum atomic E-state index is -0.486. The van der Waals surface area contributed by atoms with Crippen LogP contribution in [0.5, 0.6) is 5.75 Å². The fourth-order valence-electron chi connectivity index (χ4n) is 5.76. The summed E-state index contributed by atoms with van der Waals surface area (Å²) in [5, 5.41) is 12.3. The molecular weight excluding hydrogens is 511 g/mol. The van der Waals surface area contributed by atoms with Crippen LogP contribution in [0.2, 0.25) is 0 Å². The lowest BCUT2D eigenvalue weighted by molar-refractivity contribution is 0.0934. The van der Waals surface area contributed by atoms with Crippen molar-refractivity contribution in [2.45, 2.75) is 38.1 Å². The molecule has 5 aromatic rings. The van der Waals surface area contributed by atoms with Crippen molar-refractivity contribution in [3.8, 4) is 23.0 Å². The van der Waals surface area contributed by atoms with Crippen molar-refractivity contribution in [1.29, 1.82) is 0 Å². The Balaban J connectivity index is 1.10. The molecule has 5 aromatic heterocycles. The molecule has 1 unspecified atom stereocenters. The molecule has 1 N–H and O–H groups in total. The Morgan fingerprint density at radius 1 is 1.07 bits per heavy atom. The number of nitrogens with one attached hydrogen (secondary N) is 1. The van der Waals surface area contributed by atoms with Gasteiger partial charge < -0.3 is 10.1 Å². The van der Waals surface area contributed by atoms with Crippen molar-refractivity contribution in [3.63, 3.8) is 0 Å². The van der Waals surface area contributed by atoms with Gasteiger partial charge in [0.15, 0.2) is 5.82 Å². The molecule has 10 nitrogen and oxygen atoms in total. The molecule has 5 heterocycles. The average molecular weight is 537 g/mol. The lowest BCUT2D eigenvalue weighted by Gasteiger charge is -2.36. The lowest BCUT2D eigenvalue weighted by Crippen LogP contribution is -2.36. The first-order valence-corrected chi connectivity index (χ1v) is 13.2. The van der Waals surface area contributed by atoms with Gasteiger partial charge in [-0.3, -0.25) is 24.3 Å². The number of fused-ring (bicyclic) bond motifs is 1. The lowest BCUT2D eigenvalue weighted by atomic mass is 9.70. The van der Waals surface area contributed by atoms with Gasteiger partial charge in [0.2, 0.25) is 0 Å². The van der Waals surface area contributed by atoms with Crippen LogP contribution in [0.15, 0.2) is 67.4 Å². The van der Waals surface area contributed by atoms with Crippen LogP contribution in [0, 0.1) is 11.2 Å². The number of hydrogen-bond donors (Lipinski definition) is 1. The number of rotatable bonds is 7. The smallest absolute Gasteiger partial charge is 0.253 e. The van der Waals surface area contributed by atoms with E-state index < -0.39 is 5.82 Å². The summed E-state index contributed by atoms with van der Waals surface area (Å²) >= 11 is 0. The first kappa shape index (κ1) is 24.3. The van der Waals surface area contributed by atoms with Crippen LogP contribution in [0.25, 0.3) is 28.2 Å². The maximum absolute atomic E-state index is 13.6. The molecule has 11 heteroatoms. The van der Waals surface area contributed by atoms with E-state index in [0.717, 1.165) is 37.0 Å². The van der Waals surface area contributed by atoms with Crippen molar-refractivity contribution in [2.75, 3.05) is 6.61 Å². The maximum Gasteiger partial charge on any atom is 0.253 e. The van der Waals surface area contributed by atoms with Crippen molar-refractivity contribution >= 4 is 16.9 Å². The van der Waals surface area contributed by atoms with E-state index in [1.807, 2.05) is 35.8 Å². The third kappa shape index (κ3) is 4.14. The molecule has 2 saturated carbocycles. The van der Waals surface area contributed by atoms with Crippen LogP contribution in [0.4, 0.5) is 4.39 Å². The van der Waals surface area contributed by atoms with Gasteiger partial charge in [-0.1, -0.05) is 0 Å². The third-order valence-electron chi connectivity index (χ3n) is 7.82. The van der Waals surface area contributed by atoms with E-state index >= 15 is 0 Å². The van der Waals surface area contributed by atoms with Crippen molar-refractivity contribution in [3.05, 3.63) is 84.6 Å². The summed E-state index contributed by atoms with van der Waals surface area (Å²) in [4.78, 5) is 30.2. The SMILES string of the molecule is CCOc1ccc(-c2nnc(C3CC4(C3)CC4NC(=O)c3ccnc4cc(F)cnc34)n2-c2cccnc2)nc1. The van der Waals surface area contributed by atoms with Gasteiger partial charge in [-0.05, 0) is 61.9 Å². The average Bonchev–Trinajstić information content (AvgIpc) is 3.50. The summed E-state index contributed by atoms with van der Waals surface area (Å²) < 4.78 is 21.1. The Labute approximate surface area is 228 Å². The number of ether oxygens (including phenoxy) is 1. The van der Waals surface area contributed by atoms with Gasteiger partial charge in [0.25, 0.3) is 5.91 Å². The summed E-state index contributed by atoms with van der Waals surface area (Å²) in [6.07, 6.45) is 10.5. The Kier molecular flexibility index (Phi) is 5.72.